The molecule has 8 rings (SSSR count). The van der Waals surface area contributed by atoms with E-state index in [2.05, 4.69) is 97.9 Å². The van der Waals surface area contributed by atoms with Gasteiger partial charge in [-0.25, -0.2) is 0 Å². The molecular weight excluding hydrogens is 544 g/mol. The predicted molar refractivity (Wildman–Crippen MR) is 172 cm³/mol. The topological polar surface area (TPSA) is 47.9 Å². The monoisotopic (exact) mass is 592 g/mol. The minimum atomic E-state index is -0.744. The second-order valence-corrected chi connectivity index (χ2v) is 14.9. The SMILES string of the molecule is C[C@]12CC[C@H]3[C@@H](CC[C@H]4CC[C@H](O)C[C@]43COC(c3ccccc3)(c3ccccc3)c3ccccc3)[C@@H]1CC1OCCOC12. The van der Waals surface area contributed by atoms with Crippen molar-refractivity contribution in [3.8, 4) is 0 Å². The molecule has 5 aliphatic rings. The lowest BCUT2D eigenvalue weighted by Gasteiger charge is -2.62. The first-order chi connectivity index (χ1) is 21.5. The summed E-state index contributed by atoms with van der Waals surface area (Å²) in [6, 6.07) is 32.4. The minimum absolute atomic E-state index is 0.0546. The van der Waals surface area contributed by atoms with Gasteiger partial charge < -0.3 is 19.3 Å². The molecule has 232 valence electrons. The number of fused-ring (bicyclic) bond motifs is 7. The molecule has 4 saturated carbocycles. The van der Waals surface area contributed by atoms with E-state index in [0.717, 1.165) is 55.6 Å². The van der Waals surface area contributed by atoms with Gasteiger partial charge in [0.25, 0.3) is 0 Å². The summed E-state index contributed by atoms with van der Waals surface area (Å²) in [7, 11) is 0. The van der Waals surface area contributed by atoms with Gasteiger partial charge in [-0.1, -0.05) is 97.9 Å². The van der Waals surface area contributed by atoms with Crippen molar-refractivity contribution in [3.63, 3.8) is 0 Å². The van der Waals surface area contributed by atoms with Crippen LogP contribution in [-0.2, 0) is 19.8 Å². The van der Waals surface area contributed by atoms with Crippen LogP contribution in [0.4, 0.5) is 0 Å². The molecule has 0 aromatic heterocycles. The average Bonchev–Trinajstić information content (AvgIpc) is 3.39. The third kappa shape index (κ3) is 4.47. The first-order valence-electron chi connectivity index (χ1n) is 17.3. The van der Waals surface area contributed by atoms with Crippen LogP contribution in [0.2, 0.25) is 0 Å². The highest BCUT2D eigenvalue weighted by Crippen LogP contribution is 2.67. The fourth-order valence-electron chi connectivity index (χ4n) is 11.1. The van der Waals surface area contributed by atoms with E-state index < -0.39 is 5.60 Å². The van der Waals surface area contributed by atoms with Crippen molar-refractivity contribution in [2.75, 3.05) is 19.8 Å². The summed E-state index contributed by atoms with van der Waals surface area (Å²) in [5.41, 5.74) is 2.83. The van der Waals surface area contributed by atoms with Crippen LogP contribution < -0.4 is 0 Å². The zero-order chi connectivity index (χ0) is 29.8. The molecule has 1 saturated heterocycles. The van der Waals surface area contributed by atoms with Gasteiger partial charge in [0.2, 0.25) is 0 Å². The molecule has 9 atom stereocenters. The van der Waals surface area contributed by atoms with Gasteiger partial charge in [0.1, 0.15) is 5.60 Å². The molecule has 1 N–H and O–H groups in total. The third-order valence-corrected chi connectivity index (χ3v) is 13.0. The molecule has 4 nitrogen and oxygen atoms in total. The van der Waals surface area contributed by atoms with Gasteiger partial charge in [0.05, 0.1) is 38.1 Å². The Morgan fingerprint density at radius 3 is 1.98 bits per heavy atom. The Morgan fingerprint density at radius 1 is 0.750 bits per heavy atom. The van der Waals surface area contributed by atoms with Crippen LogP contribution in [0.1, 0.15) is 75.0 Å². The van der Waals surface area contributed by atoms with Crippen LogP contribution in [0.5, 0.6) is 0 Å². The molecule has 5 fully saturated rings. The van der Waals surface area contributed by atoms with Crippen molar-refractivity contribution in [3.05, 3.63) is 108 Å². The number of aliphatic hydroxyl groups excluding tert-OH is 1. The highest BCUT2D eigenvalue weighted by Gasteiger charge is 2.65. The third-order valence-electron chi connectivity index (χ3n) is 13.0. The van der Waals surface area contributed by atoms with Crippen molar-refractivity contribution >= 4 is 0 Å². The molecular formula is C40H48O4. The van der Waals surface area contributed by atoms with E-state index in [4.69, 9.17) is 14.2 Å². The van der Waals surface area contributed by atoms with E-state index in [0.29, 0.717) is 30.3 Å². The Bertz CT molecular complexity index is 1310. The maximum absolute atomic E-state index is 11.4. The second kappa shape index (κ2) is 11.4. The van der Waals surface area contributed by atoms with Crippen LogP contribution in [0.25, 0.3) is 0 Å². The van der Waals surface area contributed by atoms with Crippen LogP contribution in [0, 0.1) is 34.5 Å². The smallest absolute Gasteiger partial charge is 0.143 e. The number of hydrogen-bond acceptors (Lipinski definition) is 4. The quantitative estimate of drug-likeness (QED) is 0.297. The van der Waals surface area contributed by atoms with Crippen LogP contribution >= 0.6 is 0 Å². The Hall–Kier alpha value is -2.50. The number of ether oxygens (including phenoxy) is 3. The standard InChI is InChI=1S/C40H48O4/c1-38-22-21-34-33(35(38)25-36-37(38)43-24-23-42-36)20-18-28-17-19-32(41)26-39(28,34)27-44-40(29-11-5-2-6-12-29,30-13-7-3-8-14-30)31-15-9-4-10-16-31/h2-16,28,32-37,41H,17-27H2,1H3/t28-,32+,33-,34+,35+,36?,37?,38+,39+/m1/s1. The largest absolute Gasteiger partial charge is 0.393 e. The molecule has 2 unspecified atom stereocenters. The molecule has 4 heteroatoms. The molecule has 0 bridgehead atoms. The van der Waals surface area contributed by atoms with Crippen LogP contribution in [-0.4, -0.2) is 43.2 Å². The summed E-state index contributed by atoms with van der Waals surface area (Å²) in [6.45, 7) is 4.61. The van der Waals surface area contributed by atoms with Gasteiger partial charge in [0, 0.05) is 5.41 Å². The van der Waals surface area contributed by atoms with E-state index in [9.17, 15) is 5.11 Å². The Labute approximate surface area is 263 Å². The summed E-state index contributed by atoms with van der Waals surface area (Å²) in [5.74, 6) is 2.34. The van der Waals surface area contributed by atoms with Gasteiger partial charge >= 0.3 is 0 Å². The number of rotatable bonds is 6. The summed E-state index contributed by atoms with van der Waals surface area (Å²) < 4.78 is 20.4. The van der Waals surface area contributed by atoms with E-state index in [1.807, 2.05) is 0 Å². The molecule has 0 amide bonds. The van der Waals surface area contributed by atoms with E-state index >= 15 is 0 Å². The van der Waals surface area contributed by atoms with Gasteiger partial charge in [-0.2, -0.15) is 0 Å². The fraction of sp³-hybridized carbons (Fsp3) is 0.550. The highest BCUT2D eigenvalue weighted by molar-refractivity contribution is 5.47. The number of benzene rings is 3. The van der Waals surface area contributed by atoms with E-state index in [1.165, 1.54) is 25.7 Å². The van der Waals surface area contributed by atoms with Crippen molar-refractivity contribution in [2.45, 2.75) is 82.2 Å². The normalized spacial score (nSPS) is 38.2. The summed E-state index contributed by atoms with van der Waals surface area (Å²) in [6.07, 6.45) is 9.06. The summed E-state index contributed by atoms with van der Waals surface area (Å²) >= 11 is 0. The van der Waals surface area contributed by atoms with Crippen LogP contribution in [0.15, 0.2) is 91.0 Å². The van der Waals surface area contributed by atoms with Crippen molar-refractivity contribution in [1.29, 1.82) is 0 Å². The fourth-order valence-corrected chi connectivity index (χ4v) is 11.1. The maximum atomic E-state index is 11.4. The highest BCUT2D eigenvalue weighted by atomic mass is 16.6. The molecule has 3 aromatic rings. The second-order valence-electron chi connectivity index (χ2n) is 14.9. The number of hydrogen-bond donors (Lipinski definition) is 1. The molecule has 4 aliphatic carbocycles. The lowest BCUT2D eigenvalue weighted by Crippen LogP contribution is -2.58. The van der Waals surface area contributed by atoms with Crippen molar-refractivity contribution in [2.24, 2.45) is 34.5 Å². The van der Waals surface area contributed by atoms with Crippen LogP contribution in [0.3, 0.4) is 0 Å². The Balaban J connectivity index is 1.21. The van der Waals surface area contributed by atoms with Crippen molar-refractivity contribution < 1.29 is 19.3 Å². The van der Waals surface area contributed by atoms with E-state index in [-0.39, 0.29) is 29.1 Å². The summed E-state index contributed by atoms with van der Waals surface area (Å²) in [5, 5.41) is 11.4. The van der Waals surface area contributed by atoms with Gasteiger partial charge in [-0.3, -0.25) is 0 Å². The average molecular weight is 593 g/mol. The van der Waals surface area contributed by atoms with E-state index in [1.54, 1.807) is 0 Å². The summed E-state index contributed by atoms with van der Waals surface area (Å²) in [4.78, 5) is 0. The molecule has 1 aliphatic heterocycles. The molecule has 44 heavy (non-hydrogen) atoms. The van der Waals surface area contributed by atoms with Gasteiger partial charge in [-0.15, -0.1) is 0 Å². The zero-order valence-corrected chi connectivity index (χ0v) is 26.2. The van der Waals surface area contributed by atoms with Crippen molar-refractivity contribution in [1.82, 2.24) is 0 Å². The maximum Gasteiger partial charge on any atom is 0.143 e. The molecule has 1 heterocycles. The minimum Gasteiger partial charge on any atom is -0.393 e. The Kier molecular flexibility index (Phi) is 7.49. The lowest BCUT2D eigenvalue weighted by atomic mass is 9.44. The number of aliphatic hydroxyl groups is 1. The first-order valence-corrected chi connectivity index (χ1v) is 17.3. The molecule has 3 aromatic carbocycles. The molecule has 0 radical (unpaired) electrons. The van der Waals surface area contributed by atoms with Gasteiger partial charge in [0.15, 0.2) is 0 Å². The van der Waals surface area contributed by atoms with Gasteiger partial charge in [-0.05, 0) is 97.1 Å². The lowest BCUT2D eigenvalue weighted by molar-refractivity contribution is -0.195. The zero-order valence-electron chi connectivity index (χ0n) is 26.2. The first kappa shape index (κ1) is 28.9. The molecule has 0 spiro atoms. The Morgan fingerprint density at radius 2 is 1.34 bits per heavy atom. The predicted octanol–water partition coefficient (Wildman–Crippen LogP) is 7.77.